The van der Waals surface area contributed by atoms with Crippen LogP contribution < -0.4 is 10.1 Å². The third kappa shape index (κ3) is 3.70. The number of hydrogen-bond donors (Lipinski definition) is 1. The zero-order chi connectivity index (χ0) is 13.8. The summed E-state index contributed by atoms with van der Waals surface area (Å²) in [6, 6.07) is 3.40. The maximum Gasteiger partial charge on any atom is 0.251 e. The van der Waals surface area contributed by atoms with Gasteiger partial charge < -0.3 is 14.8 Å². The van der Waals surface area contributed by atoms with Gasteiger partial charge in [0.25, 0.3) is 5.91 Å². The molecule has 5 nitrogen and oxygen atoms in total. The topological polar surface area (TPSA) is 60.5 Å². The maximum absolute atomic E-state index is 12.1. The fraction of sp³-hybridized carbons (Fsp3) is 0.600. The van der Waals surface area contributed by atoms with Gasteiger partial charge in [0, 0.05) is 31.0 Å². The van der Waals surface area contributed by atoms with Crippen LogP contribution in [0.1, 0.15) is 36.0 Å². The summed E-state index contributed by atoms with van der Waals surface area (Å²) in [5.41, 5.74) is 0.587. The first-order chi connectivity index (χ1) is 9.81. The number of amides is 1. The molecule has 1 aromatic rings. The highest BCUT2D eigenvalue weighted by Gasteiger charge is 2.22. The highest BCUT2D eigenvalue weighted by atomic mass is 16.5. The molecule has 1 N–H and O–H groups in total. The van der Waals surface area contributed by atoms with Crippen LogP contribution in [0.25, 0.3) is 0 Å². The van der Waals surface area contributed by atoms with Crippen LogP contribution in [0.4, 0.5) is 0 Å². The normalized spacial score (nSPS) is 21.7. The Bertz CT molecular complexity index is 468. The van der Waals surface area contributed by atoms with Crippen molar-refractivity contribution in [1.29, 1.82) is 0 Å². The Morgan fingerprint density at radius 2 is 2.35 bits per heavy atom. The third-order valence-corrected chi connectivity index (χ3v) is 3.68. The molecular weight excluding hydrogens is 256 g/mol. The van der Waals surface area contributed by atoms with E-state index in [0.29, 0.717) is 30.5 Å². The smallest absolute Gasteiger partial charge is 0.251 e. The molecule has 0 radical (unpaired) electrons. The molecule has 1 aliphatic carbocycles. The Balaban J connectivity index is 1.51. The van der Waals surface area contributed by atoms with Crippen LogP contribution in [0.3, 0.4) is 0 Å². The van der Waals surface area contributed by atoms with E-state index in [1.165, 1.54) is 12.8 Å². The number of pyridine rings is 1. The highest BCUT2D eigenvalue weighted by molar-refractivity contribution is 5.94. The first kappa shape index (κ1) is 13.4. The lowest BCUT2D eigenvalue weighted by atomic mass is 10.2. The standard InChI is InChI=1S/C15H20N2O3/c18-15(17-9-13-2-1-7-19-13)12-5-6-16-14(8-12)20-10-11-3-4-11/h5-6,8,11,13H,1-4,7,9-10H2,(H,17,18)/t13-/m0/s1. The number of nitrogens with zero attached hydrogens (tertiary/aromatic N) is 1. The predicted molar refractivity (Wildman–Crippen MR) is 73.8 cm³/mol. The molecule has 0 unspecified atom stereocenters. The van der Waals surface area contributed by atoms with Gasteiger partial charge in [-0.2, -0.15) is 0 Å². The number of nitrogens with one attached hydrogen (secondary N) is 1. The van der Waals surface area contributed by atoms with Gasteiger partial charge in [-0.15, -0.1) is 0 Å². The van der Waals surface area contributed by atoms with Crippen molar-refractivity contribution in [2.45, 2.75) is 31.8 Å². The van der Waals surface area contributed by atoms with Crippen LogP contribution in [0.5, 0.6) is 5.88 Å². The second-order valence-corrected chi connectivity index (χ2v) is 5.48. The molecule has 2 fully saturated rings. The van der Waals surface area contributed by atoms with Crippen molar-refractivity contribution in [1.82, 2.24) is 10.3 Å². The lowest BCUT2D eigenvalue weighted by molar-refractivity contribution is 0.0857. The Labute approximate surface area is 118 Å². The molecule has 1 aliphatic heterocycles. The van der Waals surface area contributed by atoms with Gasteiger partial charge in [-0.3, -0.25) is 4.79 Å². The summed E-state index contributed by atoms with van der Waals surface area (Å²) in [5, 5.41) is 2.90. The summed E-state index contributed by atoms with van der Waals surface area (Å²) >= 11 is 0. The van der Waals surface area contributed by atoms with E-state index in [1.54, 1.807) is 18.3 Å². The van der Waals surface area contributed by atoms with Gasteiger partial charge in [0.15, 0.2) is 0 Å². The monoisotopic (exact) mass is 276 g/mol. The van der Waals surface area contributed by atoms with Crippen LogP contribution in [-0.2, 0) is 4.74 Å². The van der Waals surface area contributed by atoms with Crippen LogP contribution >= 0.6 is 0 Å². The van der Waals surface area contributed by atoms with E-state index in [1.807, 2.05) is 0 Å². The molecule has 2 heterocycles. The molecular formula is C15H20N2O3. The molecule has 0 spiro atoms. The van der Waals surface area contributed by atoms with E-state index in [9.17, 15) is 4.79 Å². The molecule has 2 aliphatic rings. The van der Waals surface area contributed by atoms with Gasteiger partial charge in [0.2, 0.25) is 5.88 Å². The van der Waals surface area contributed by atoms with Crippen molar-refractivity contribution in [2.75, 3.05) is 19.8 Å². The van der Waals surface area contributed by atoms with Crippen LogP contribution in [0.15, 0.2) is 18.3 Å². The number of carbonyl (C=O) groups excluding carboxylic acids is 1. The van der Waals surface area contributed by atoms with E-state index in [4.69, 9.17) is 9.47 Å². The quantitative estimate of drug-likeness (QED) is 0.860. The minimum absolute atomic E-state index is 0.0980. The molecule has 20 heavy (non-hydrogen) atoms. The minimum Gasteiger partial charge on any atom is -0.477 e. The van der Waals surface area contributed by atoms with E-state index in [2.05, 4.69) is 10.3 Å². The summed E-state index contributed by atoms with van der Waals surface area (Å²) in [5.74, 6) is 1.11. The molecule has 3 rings (SSSR count). The minimum atomic E-state index is -0.0980. The summed E-state index contributed by atoms with van der Waals surface area (Å²) in [7, 11) is 0. The number of hydrogen-bond acceptors (Lipinski definition) is 4. The molecule has 0 aromatic carbocycles. The zero-order valence-corrected chi connectivity index (χ0v) is 11.5. The Morgan fingerprint density at radius 1 is 1.45 bits per heavy atom. The second-order valence-electron chi connectivity index (χ2n) is 5.48. The molecule has 0 bridgehead atoms. The van der Waals surface area contributed by atoms with Gasteiger partial charge in [-0.1, -0.05) is 0 Å². The summed E-state index contributed by atoms with van der Waals surface area (Å²) in [6.45, 7) is 2.07. The fourth-order valence-corrected chi connectivity index (χ4v) is 2.23. The maximum atomic E-state index is 12.1. The Kier molecular flexibility index (Phi) is 4.16. The lowest BCUT2D eigenvalue weighted by Crippen LogP contribution is -2.31. The van der Waals surface area contributed by atoms with Crippen molar-refractivity contribution in [3.63, 3.8) is 0 Å². The fourth-order valence-electron chi connectivity index (χ4n) is 2.23. The number of ether oxygens (including phenoxy) is 2. The van der Waals surface area contributed by atoms with Gasteiger partial charge in [-0.05, 0) is 37.7 Å². The zero-order valence-electron chi connectivity index (χ0n) is 11.5. The molecule has 1 amide bonds. The van der Waals surface area contributed by atoms with E-state index in [-0.39, 0.29) is 12.0 Å². The van der Waals surface area contributed by atoms with Gasteiger partial charge >= 0.3 is 0 Å². The van der Waals surface area contributed by atoms with E-state index in [0.717, 1.165) is 19.4 Å². The number of aromatic nitrogens is 1. The average Bonchev–Trinajstić information content (AvgIpc) is 3.17. The molecule has 108 valence electrons. The van der Waals surface area contributed by atoms with Crippen LogP contribution in [-0.4, -0.2) is 36.8 Å². The van der Waals surface area contributed by atoms with Gasteiger partial charge in [-0.25, -0.2) is 4.98 Å². The van der Waals surface area contributed by atoms with Crippen molar-refractivity contribution < 1.29 is 14.3 Å². The number of carbonyl (C=O) groups is 1. The molecule has 1 atom stereocenters. The molecule has 5 heteroatoms. The second kappa shape index (κ2) is 6.22. The summed E-state index contributed by atoms with van der Waals surface area (Å²) < 4.78 is 11.1. The molecule has 1 saturated carbocycles. The van der Waals surface area contributed by atoms with Crippen molar-refractivity contribution in [3.05, 3.63) is 23.9 Å². The SMILES string of the molecule is O=C(NC[C@@H]1CCCO1)c1ccnc(OCC2CC2)c1. The molecule has 1 aromatic heterocycles. The van der Waals surface area contributed by atoms with E-state index < -0.39 is 0 Å². The van der Waals surface area contributed by atoms with Crippen LogP contribution in [0, 0.1) is 5.92 Å². The highest BCUT2D eigenvalue weighted by Crippen LogP contribution is 2.29. The Morgan fingerprint density at radius 3 is 3.10 bits per heavy atom. The van der Waals surface area contributed by atoms with Crippen molar-refractivity contribution in [2.24, 2.45) is 5.92 Å². The molecule has 1 saturated heterocycles. The summed E-state index contributed by atoms with van der Waals surface area (Å²) in [4.78, 5) is 16.2. The lowest BCUT2D eigenvalue weighted by Gasteiger charge is -2.11. The average molecular weight is 276 g/mol. The first-order valence-electron chi connectivity index (χ1n) is 7.30. The predicted octanol–water partition coefficient (Wildman–Crippen LogP) is 1.78. The van der Waals surface area contributed by atoms with Gasteiger partial charge in [0.05, 0.1) is 12.7 Å². The summed E-state index contributed by atoms with van der Waals surface area (Å²) in [6.07, 6.45) is 6.35. The first-order valence-corrected chi connectivity index (χ1v) is 7.30. The van der Waals surface area contributed by atoms with E-state index >= 15 is 0 Å². The van der Waals surface area contributed by atoms with Crippen LogP contribution in [0.2, 0.25) is 0 Å². The van der Waals surface area contributed by atoms with Crippen molar-refractivity contribution in [3.8, 4) is 5.88 Å². The number of rotatable bonds is 6. The Hall–Kier alpha value is -1.62. The third-order valence-electron chi connectivity index (χ3n) is 3.68. The van der Waals surface area contributed by atoms with Crippen molar-refractivity contribution >= 4 is 5.91 Å². The van der Waals surface area contributed by atoms with Gasteiger partial charge in [0.1, 0.15) is 0 Å². The largest absolute Gasteiger partial charge is 0.477 e.